The van der Waals surface area contributed by atoms with Crippen molar-refractivity contribution in [2.45, 2.75) is 20.8 Å². The molecule has 0 saturated heterocycles. The molecule has 0 aliphatic rings. The van der Waals surface area contributed by atoms with Gasteiger partial charge in [0.25, 0.3) is 0 Å². The van der Waals surface area contributed by atoms with E-state index in [4.69, 9.17) is 21.1 Å². The highest BCUT2D eigenvalue weighted by molar-refractivity contribution is 6.35. The van der Waals surface area contributed by atoms with E-state index in [1.807, 2.05) is 45.0 Å². The maximum atomic E-state index is 6.11. The lowest BCUT2D eigenvalue weighted by Gasteiger charge is -2.07. The molecular weight excluding hydrogens is 262 g/mol. The molecule has 0 bridgehead atoms. The van der Waals surface area contributed by atoms with Gasteiger partial charge in [-0.2, -0.15) is 0 Å². The highest BCUT2D eigenvalue weighted by Crippen LogP contribution is 2.26. The van der Waals surface area contributed by atoms with E-state index in [0.29, 0.717) is 24.1 Å². The van der Waals surface area contributed by atoms with Crippen LogP contribution in [0.4, 0.5) is 0 Å². The number of aryl methyl sites for hydroxylation is 1. The topological polar surface area (TPSA) is 31.4 Å². The Morgan fingerprint density at radius 3 is 2.53 bits per heavy atom. The van der Waals surface area contributed by atoms with E-state index in [1.165, 1.54) is 0 Å². The summed E-state index contributed by atoms with van der Waals surface area (Å²) in [5.74, 6) is 0.597. The third-order valence-electron chi connectivity index (χ3n) is 2.52. The van der Waals surface area contributed by atoms with Gasteiger partial charge in [0, 0.05) is 23.6 Å². The molecule has 0 aliphatic carbocycles. The van der Waals surface area contributed by atoms with Crippen molar-refractivity contribution in [3.63, 3.8) is 0 Å². The van der Waals surface area contributed by atoms with E-state index in [1.54, 1.807) is 7.11 Å². The predicted octanol–water partition coefficient (Wildman–Crippen LogP) is 4.25. The molecule has 0 N–H and O–H groups in total. The molecule has 0 atom stereocenters. The molecule has 2 rings (SSSR count). The number of nitrogens with zero attached hydrogens (tertiary/aromatic N) is 1. The Morgan fingerprint density at radius 1 is 1.11 bits per heavy atom. The van der Waals surface area contributed by atoms with Gasteiger partial charge in [-0.3, -0.25) is 0 Å². The maximum Gasteiger partial charge on any atom is 0.213 e. The smallest absolute Gasteiger partial charge is 0.213 e. The van der Waals surface area contributed by atoms with E-state index >= 15 is 0 Å². The number of rotatable bonds is 4. The van der Waals surface area contributed by atoms with Crippen molar-refractivity contribution in [2.24, 2.45) is 0 Å². The Morgan fingerprint density at radius 2 is 1.84 bits per heavy atom. The maximum absolute atomic E-state index is 6.11. The van der Waals surface area contributed by atoms with Gasteiger partial charge in [-0.15, -0.1) is 0 Å². The highest BCUT2D eigenvalue weighted by Gasteiger charge is 2.05. The molecule has 0 fully saturated rings. The Bertz CT molecular complexity index is 529. The Hall–Kier alpha value is -1.32. The molecule has 2 aromatic rings. The van der Waals surface area contributed by atoms with Crippen LogP contribution < -0.4 is 4.74 Å². The zero-order valence-electron chi connectivity index (χ0n) is 11.9. The van der Waals surface area contributed by atoms with Gasteiger partial charge in [-0.25, -0.2) is 4.98 Å². The molecule has 0 unspecified atom stereocenters. The van der Waals surface area contributed by atoms with Gasteiger partial charge < -0.3 is 9.47 Å². The second kappa shape index (κ2) is 7.97. The van der Waals surface area contributed by atoms with Crippen LogP contribution in [-0.2, 0) is 4.74 Å². The molecule has 0 aliphatic heterocycles. The number of ether oxygens (including phenoxy) is 2. The summed E-state index contributed by atoms with van der Waals surface area (Å²) in [7, 11) is 1.64. The first-order valence-electron chi connectivity index (χ1n) is 6.40. The van der Waals surface area contributed by atoms with Crippen LogP contribution in [0.3, 0.4) is 0 Å². The lowest BCUT2D eigenvalue weighted by molar-refractivity contribution is 0.144. The Labute approximate surface area is 119 Å². The van der Waals surface area contributed by atoms with Crippen molar-refractivity contribution in [1.29, 1.82) is 0 Å². The molecule has 0 amide bonds. The van der Waals surface area contributed by atoms with Crippen LogP contribution >= 0.6 is 11.6 Å². The molecule has 104 valence electrons. The van der Waals surface area contributed by atoms with Crippen molar-refractivity contribution >= 4 is 22.5 Å². The van der Waals surface area contributed by atoms with Crippen LogP contribution in [0.25, 0.3) is 10.9 Å². The number of pyridine rings is 1. The minimum Gasteiger partial charge on any atom is -0.475 e. The summed E-state index contributed by atoms with van der Waals surface area (Å²) >= 11 is 6.11. The summed E-state index contributed by atoms with van der Waals surface area (Å²) < 4.78 is 10.4. The van der Waals surface area contributed by atoms with Gasteiger partial charge in [0.2, 0.25) is 5.88 Å². The van der Waals surface area contributed by atoms with E-state index in [-0.39, 0.29) is 0 Å². The van der Waals surface area contributed by atoms with Gasteiger partial charge >= 0.3 is 0 Å². The summed E-state index contributed by atoms with van der Waals surface area (Å²) in [4.78, 5) is 4.45. The predicted molar refractivity (Wildman–Crippen MR) is 80.2 cm³/mol. The van der Waals surface area contributed by atoms with Gasteiger partial charge in [0.1, 0.15) is 6.61 Å². The van der Waals surface area contributed by atoms with Crippen molar-refractivity contribution in [3.8, 4) is 5.88 Å². The largest absolute Gasteiger partial charge is 0.475 e. The molecule has 0 spiro atoms. The van der Waals surface area contributed by atoms with Crippen molar-refractivity contribution in [2.75, 3.05) is 20.3 Å². The fourth-order valence-corrected chi connectivity index (χ4v) is 1.83. The SMILES string of the molecule is CC.COCCOc1ccc2c(Cl)ccc(C)c2n1. The van der Waals surface area contributed by atoms with E-state index in [2.05, 4.69) is 4.98 Å². The Kier molecular flexibility index (Phi) is 6.60. The van der Waals surface area contributed by atoms with Crippen molar-refractivity contribution in [3.05, 3.63) is 34.9 Å². The molecule has 1 heterocycles. The van der Waals surface area contributed by atoms with Gasteiger partial charge in [-0.1, -0.05) is 31.5 Å². The molecule has 4 heteroatoms. The third-order valence-corrected chi connectivity index (χ3v) is 2.85. The third kappa shape index (κ3) is 4.08. The van der Waals surface area contributed by atoms with E-state index in [0.717, 1.165) is 16.5 Å². The first-order chi connectivity index (χ1) is 9.22. The Balaban J connectivity index is 0.000000861. The monoisotopic (exact) mass is 281 g/mol. The summed E-state index contributed by atoms with van der Waals surface area (Å²) in [5.41, 5.74) is 1.97. The van der Waals surface area contributed by atoms with Crippen molar-refractivity contribution in [1.82, 2.24) is 4.98 Å². The van der Waals surface area contributed by atoms with Gasteiger partial charge in [0.15, 0.2) is 0 Å². The standard InChI is InChI=1S/C13H14ClNO2.C2H6/c1-9-3-5-11(14)10-4-6-12(15-13(9)10)17-8-7-16-2;1-2/h3-6H,7-8H2,1-2H3;1-2H3. The number of methoxy groups -OCH3 is 1. The zero-order chi connectivity index (χ0) is 14.3. The summed E-state index contributed by atoms with van der Waals surface area (Å²) in [6, 6.07) is 7.59. The van der Waals surface area contributed by atoms with Gasteiger partial charge in [-0.05, 0) is 24.6 Å². The van der Waals surface area contributed by atoms with E-state index in [9.17, 15) is 0 Å². The number of fused-ring (bicyclic) bond motifs is 1. The second-order valence-electron chi connectivity index (χ2n) is 3.75. The zero-order valence-corrected chi connectivity index (χ0v) is 12.6. The first kappa shape index (κ1) is 15.7. The van der Waals surface area contributed by atoms with Crippen LogP contribution in [0.15, 0.2) is 24.3 Å². The fourth-order valence-electron chi connectivity index (χ4n) is 1.61. The number of hydrogen-bond acceptors (Lipinski definition) is 3. The minimum atomic E-state index is 0.495. The number of aromatic nitrogens is 1. The lowest BCUT2D eigenvalue weighted by atomic mass is 10.1. The first-order valence-corrected chi connectivity index (χ1v) is 6.78. The average molecular weight is 282 g/mol. The quantitative estimate of drug-likeness (QED) is 0.785. The summed E-state index contributed by atoms with van der Waals surface area (Å²) in [6.45, 7) is 7.05. The molecular formula is C15H20ClNO2. The van der Waals surface area contributed by atoms with Crippen molar-refractivity contribution < 1.29 is 9.47 Å². The van der Waals surface area contributed by atoms with Crippen LogP contribution in [0.1, 0.15) is 19.4 Å². The normalized spacial score (nSPS) is 9.95. The molecule has 0 saturated carbocycles. The molecule has 19 heavy (non-hydrogen) atoms. The molecule has 0 radical (unpaired) electrons. The molecule has 3 nitrogen and oxygen atoms in total. The van der Waals surface area contributed by atoms with Gasteiger partial charge in [0.05, 0.1) is 12.1 Å². The van der Waals surface area contributed by atoms with Crippen LogP contribution in [0.2, 0.25) is 5.02 Å². The summed E-state index contributed by atoms with van der Waals surface area (Å²) in [6.07, 6.45) is 0. The van der Waals surface area contributed by atoms with Crippen LogP contribution in [-0.4, -0.2) is 25.3 Å². The van der Waals surface area contributed by atoms with E-state index < -0.39 is 0 Å². The molecule has 1 aromatic heterocycles. The number of halogens is 1. The average Bonchev–Trinajstić information content (AvgIpc) is 2.46. The summed E-state index contributed by atoms with van der Waals surface area (Å²) in [5, 5.41) is 1.66. The van der Waals surface area contributed by atoms with Crippen LogP contribution in [0.5, 0.6) is 5.88 Å². The minimum absolute atomic E-state index is 0.495. The molecule has 1 aromatic carbocycles. The highest BCUT2D eigenvalue weighted by atomic mass is 35.5. The second-order valence-corrected chi connectivity index (χ2v) is 4.16. The number of hydrogen-bond donors (Lipinski definition) is 0. The lowest BCUT2D eigenvalue weighted by Crippen LogP contribution is -2.05. The van der Waals surface area contributed by atoms with Crippen LogP contribution in [0, 0.1) is 6.92 Å². The number of benzene rings is 1. The fraction of sp³-hybridized carbons (Fsp3) is 0.400.